The van der Waals surface area contributed by atoms with Gasteiger partial charge >= 0.3 is 0 Å². The first-order valence-electron chi connectivity index (χ1n) is 6.23. The molecule has 0 unspecified atom stereocenters. The highest BCUT2D eigenvalue weighted by Crippen LogP contribution is 2.26. The van der Waals surface area contributed by atoms with E-state index in [1.165, 1.54) is 31.4 Å². The van der Waals surface area contributed by atoms with Crippen molar-refractivity contribution >= 4 is 11.0 Å². The van der Waals surface area contributed by atoms with E-state index in [-0.39, 0.29) is 0 Å². The summed E-state index contributed by atoms with van der Waals surface area (Å²) in [5.41, 5.74) is 3.23. The largest absolute Gasteiger partial charge is 0.343 e. The maximum atomic E-state index is 4.23. The maximum Gasteiger partial charge on any atom is 0.111 e. The van der Waals surface area contributed by atoms with Crippen molar-refractivity contribution in [3.63, 3.8) is 0 Å². The molecule has 1 saturated heterocycles. The van der Waals surface area contributed by atoms with Gasteiger partial charge in [-0.05, 0) is 52.0 Å². The zero-order chi connectivity index (χ0) is 11.8. The van der Waals surface area contributed by atoms with E-state index in [0.29, 0.717) is 6.04 Å². The van der Waals surface area contributed by atoms with Crippen LogP contribution < -0.4 is 0 Å². The summed E-state index contributed by atoms with van der Waals surface area (Å²) in [6.45, 7) is 4.36. The summed E-state index contributed by atoms with van der Waals surface area (Å²) >= 11 is 0. The van der Waals surface area contributed by atoms with Crippen molar-refractivity contribution in [3.05, 3.63) is 24.0 Å². The standard InChI is InChI=1S/C13H18N4/c1-10-9-13-12(15-14-10)5-8-17(13)11-3-6-16(2)7-4-11/h5,8-9,11H,3-4,6-7H2,1-2H3. The Morgan fingerprint density at radius 1 is 1.24 bits per heavy atom. The van der Waals surface area contributed by atoms with Crippen molar-refractivity contribution < 1.29 is 0 Å². The fraction of sp³-hybridized carbons (Fsp3) is 0.538. The van der Waals surface area contributed by atoms with E-state index in [4.69, 9.17) is 0 Å². The van der Waals surface area contributed by atoms with Crippen LogP contribution in [0.5, 0.6) is 0 Å². The number of aromatic nitrogens is 3. The van der Waals surface area contributed by atoms with Crippen LogP contribution in [0.1, 0.15) is 24.6 Å². The SMILES string of the molecule is Cc1cc2c(ccn2C2CCN(C)CC2)nn1. The van der Waals surface area contributed by atoms with Crippen molar-refractivity contribution in [1.29, 1.82) is 0 Å². The van der Waals surface area contributed by atoms with Gasteiger partial charge < -0.3 is 9.47 Å². The fourth-order valence-corrected chi connectivity index (χ4v) is 2.63. The number of hydrogen-bond donors (Lipinski definition) is 0. The van der Waals surface area contributed by atoms with Crippen molar-refractivity contribution in [2.24, 2.45) is 0 Å². The Hall–Kier alpha value is -1.42. The zero-order valence-electron chi connectivity index (χ0n) is 10.4. The van der Waals surface area contributed by atoms with Gasteiger partial charge in [0.05, 0.1) is 11.2 Å². The van der Waals surface area contributed by atoms with Crippen LogP contribution in [0.2, 0.25) is 0 Å². The Labute approximate surface area is 101 Å². The van der Waals surface area contributed by atoms with Crippen LogP contribution in [0.15, 0.2) is 18.3 Å². The molecule has 3 rings (SSSR count). The van der Waals surface area contributed by atoms with Gasteiger partial charge in [0.2, 0.25) is 0 Å². The molecule has 4 nitrogen and oxygen atoms in total. The summed E-state index contributed by atoms with van der Waals surface area (Å²) in [5.74, 6) is 0. The number of piperidine rings is 1. The normalized spacial score (nSPS) is 18.9. The molecule has 0 amide bonds. The molecule has 1 aliphatic heterocycles. The second-order valence-electron chi connectivity index (χ2n) is 5.01. The molecule has 1 aliphatic rings. The summed E-state index contributed by atoms with van der Waals surface area (Å²) in [4.78, 5) is 2.40. The van der Waals surface area contributed by atoms with Gasteiger partial charge in [0, 0.05) is 12.2 Å². The van der Waals surface area contributed by atoms with Gasteiger partial charge in [-0.3, -0.25) is 0 Å². The van der Waals surface area contributed by atoms with Crippen LogP contribution >= 0.6 is 0 Å². The zero-order valence-corrected chi connectivity index (χ0v) is 10.4. The highest BCUT2D eigenvalue weighted by molar-refractivity contribution is 5.75. The minimum atomic E-state index is 0.618. The van der Waals surface area contributed by atoms with Gasteiger partial charge in [-0.15, -0.1) is 5.10 Å². The predicted octanol–water partition coefficient (Wildman–Crippen LogP) is 2.01. The lowest BCUT2D eigenvalue weighted by atomic mass is 10.1. The number of rotatable bonds is 1. The first kappa shape index (κ1) is 10.7. The topological polar surface area (TPSA) is 34.0 Å². The van der Waals surface area contributed by atoms with Crippen LogP contribution in [0.3, 0.4) is 0 Å². The van der Waals surface area contributed by atoms with E-state index in [1.54, 1.807) is 0 Å². The average molecular weight is 230 g/mol. The Morgan fingerprint density at radius 2 is 2.00 bits per heavy atom. The van der Waals surface area contributed by atoms with E-state index in [2.05, 4.69) is 45.0 Å². The molecule has 2 aromatic heterocycles. The van der Waals surface area contributed by atoms with Crippen LogP contribution in [-0.2, 0) is 0 Å². The Balaban J connectivity index is 1.97. The summed E-state index contributed by atoms with van der Waals surface area (Å²) in [5, 5.41) is 8.34. The van der Waals surface area contributed by atoms with Crippen LogP contribution in [0.25, 0.3) is 11.0 Å². The number of hydrogen-bond acceptors (Lipinski definition) is 3. The summed E-state index contributed by atoms with van der Waals surface area (Å²) in [6.07, 6.45) is 4.61. The average Bonchev–Trinajstić information content (AvgIpc) is 2.73. The molecule has 3 heterocycles. The Kier molecular flexibility index (Phi) is 2.59. The summed E-state index contributed by atoms with van der Waals surface area (Å²) < 4.78 is 2.38. The summed E-state index contributed by atoms with van der Waals surface area (Å²) in [7, 11) is 2.19. The molecule has 4 heteroatoms. The van der Waals surface area contributed by atoms with Crippen LogP contribution in [0.4, 0.5) is 0 Å². The molecular weight excluding hydrogens is 212 g/mol. The Morgan fingerprint density at radius 3 is 2.76 bits per heavy atom. The van der Waals surface area contributed by atoms with Gasteiger partial charge in [0.1, 0.15) is 5.52 Å². The lowest BCUT2D eigenvalue weighted by Gasteiger charge is -2.30. The maximum absolute atomic E-state index is 4.23. The molecule has 0 atom stereocenters. The number of likely N-dealkylation sites (tertiary alicyclic amines) is 1. The molecule has 0 N–H and O–H groups in total. The quantitative estimate of drug-likeness (QED) is 0.751. The van der Waals surface area contributed by atoms with E-state index >= 15 is 0 Å². The van der Waals surface area contributed by atoms with Crippen LogP contribution in [0, 0.1) is 6.92 Å². The molecule has 0 spiro atoms. The van der Waals surface area contributed by atoms with E-state index in [1.807, 2.05) is 6.92 Å². The van der Waals surface area contributed by atoms with Crippen molar-refractivity contribution in [2.75, 3.05) is 20.1 Å². The highest BCUT2D eigenvalue weighted by Gasteiger charge is 2.19. The second kappa shape index (κ2) is 4.11. The lowest BCUT2D eigenvalue weighted by molar-refractivity contribution is 0.224. The molecular formula is C13H18N4. The van der Waals surface area contributed by atoms with E-state index in [9.17, 15) is 0 Å². The second-order valence-corrected chi connectivity index (χ2v) is 5.01. The molecule has 0 aromatic carbocycles. The third-order valence-electron chi connectivity index (χ3n) is 3.68. The lowest BCUT2D eigenvalue weighted by Crippen LogP contribution is -2.31. The minimum absolute atomic E-state index is 0.618. The van der Waals surface area contributed by atoms with Gasteiger partial charge in [-0.1, -0.05) is 0 Å². The van der Waals surface area contributed by atoms with E-state index < -0.39 is 0 Å². The van der Waals surface area contributed by atoms with Crippen molar-refractivity contribution in [2.45, 2.75) is 25.8 Å². The van der Waals surface area contributed by atoms with Crippen molar-refractivity contribution in [3.8, 4) is 0 Å². The van der Waals surface area contributed by atoms with Crippen LogP contribution in [-0.4, -0.2) is 39.8 Å². The molecule has 17 heavy (non-hydrogen) atoms. The first-order valence-corrected chi connectivity index (χ1v) is 6.23. The van der Waals surface area contributed by atoms with Gasteiger partial charge in [-0.25, -0.2) is 0 Å². The first-order chi connectivity index (χ1) is 8.24. The van der Waals surface area contributed by atoms with Crippen molar-refractivity contribution in [1.82, 2.24) is 19.7 Å². The molecule has 1 fully saturated rings. The fourth-order valence-electron chi connectivity index (χ4n) is 2.63. The third-order valence-corrected chi connectivity index (χ3v) is 3.68. The molecule has 2 aromatic rings. The molecule has 90 valence electrons. The Bertz CT molecular complexity index is 523. The van der Waals surface area contributed by atoms with Gasteiger partial charge in [0.15, 0.2) is 0 Å². The van der Waals surface area contributed by atoms with Gasteiger partial charge in [-0.2, -0.15) is 5.10 Å². The highest BCUT2D eigenvalue weighted by atomic mass is 15.1. The molecule has 0 bridgehead atoms. The smallest absolute Gasteiger partial charge is 0.111 e. The summed E-state index contributed by atoms with van der Waals surface area (Å²) in [6, 6.07) is 4.83. The number of aryl methyl sites for hydroxylation is 1. The minimum Gasteiger partial charge on any atom is -0.343 e. The molecule has 0 saturated carbocycles. The monoisotopic (exact) mass is 230 g/mol. The predicted molar refractivity (Wildman–Crippen MR) is 68.0 cm³/mol. The molecule has 0 aliphatic carbocycles. The number of fused-ring (bicyclic) bond motifs is 1. The molecule has 0 radical (unpaired) electrons. The van der Waals surface area contributed by atoms with E-state index in [0.717, 1.165) is 11.2 Å². The van der Waals surface area contributed by atoms with Gasteiger partial charge in [0.25, 0.3) is 0 Å². The number of nitrogens with zero attached hydrogens (tertiary/aromatic N) is 4. The third kappa shape index (κ3) is 1.93.